The topological polar surface area (TPSA) is 38.8 Å². The summed E-state index contributed by atoms with van der Waals surface area (Å²) in [7, 11) is 1.73. The van der Waals surface area contributed by atoms with Gasteiger partial charge >= 0.3 is 6.09 Å². The molecule has 3 aromatic rings. The molecular formula is C24H22ClNO3. The summed E-state index contributed by atoms with van der Waals surface area (Å²) in [4.78, 5) is 13.9. The lowest BCUT2D eigenvalue weighted by atomic mass is 10.0. The van der Waals surface area contributed by atoms with Crippen LogP contribution in [0.2, 0.25) is 5.02 Å². The van der Waals surface area contributed by atoms with Gasteiger partial charge in [-0.05, 0) is 17.2 Å². The molecule has 4 nitrogen and oxygen atoms in total. The van der Waals surface area contributed by atoms with Crippen LogP contribution in [-0.4, -0.2) is 30.7 Å². The number of para-hydroxylation sites is 1. The van der Waals surface area contributed by atoms with E-state index in [2.05, 4.69) is 6.07 Å². The van der Waals surface area contributed by atoms with Gasteiger partial charge in [-0.15, -0.1) is 0 Å². The fourth-order valence-corrected chi connectivity index (χ4v) is 3.78. The Kier molecular flexibility index (Phi) is 5.72. The Balaban J connectivity index is 1.40. The van der Waals surface area contributed by atoms with Gasteiger partial charge in [0.1, 0.15) is 18.5 Å². The minimum atomic E-state index is -0.361. The van der Waals surface area contributed by atoms with Gasteiger partial charge in [0, 0.05) is 29.6 Å². The van der Waals surface area contributed by atoms with E-state index < -0.39 is 0 Å². The van der Waals surface area contributed by atoms with Crippen molar-refractivity contribution in [3.63, 3.8) is 0 Å². The van der Waals surface area contributed by atoms with Crippen molar-refractivity contribution in [2.75, 3.05) is 13.6 Å². The summed E-state index contributed by atoms with van der Waals surface area (Å²) in [6.45, 7) is 0.705. The van der Waals surface area contributed by atoms with Crippen LogP contribution in [0.4, 0.5) is 4.79 Å². The molecule has 29 heavy (non-hydrogen) atoms. The minimum Gasteiger partial charge on any atom is -0.487 e. The minimum absolute atomic E-state index is 0.122. The van der Waals surface area contributed by atoms with Crippen LogP contribution < -0.4 is 4.74 Å². The first-order valence-corrected chi connectivity index (χ1v) is 9.95. The van der Waals surface area contributed by atoms with Crippen LogP contribution in [0.25, 0.3) is 11.1 Å². The van der Waals surface area contributed by atoms with Gasteiger partial charge in [-0.2, -0.15) is 0 Å². The Labute approximate surface area is 175 Å². The largest absolute Gasteiger partial charge is 0.487 e. The third-order valence-electron chi connectivity index (χ3n) is 4.99. The number of hydrogen-bond donors (Lipinski definition) is 0. The van der Waals surface area contributed by atoms with E-state index in [9.17, 15) is 4.79 Å². The lowest BCUT2D eigenvalue weighted by Gasteiger charge is -2.21. The van der Waals surface area contributed by atoms with Gasteiger partial charge in [0.15, 0.2) is 0 Å². The molecule has 0 saturated heterocycles. The Morgan fingerprint density at radius 3 is 2.55 bits per heavy atom. The predicted octanol–water partition coefficient (Wildman–Crippen LogP) is 5.58. The molecule has 1 aliphatic rings. The van der Waals surface area contributed by atoms with Crippen molar-refractivity contribution in [3.8, 4) is 16.9 Å². The van der Waals surface area contributed by atoms with E-state index in [0.717, 1.165) is 34.4 Å². The number of fused-ring (bicyclic) bond motifs is 1. The van der Waals surface area contributed by atoms with E-state index in [-0.39, 0.29) is 18.8 Å². The SMILES string of the molecule is CN(CC1Cc2cccc(-c3ccccc3Cl)c2O1)C(=O)OCc1ccccc1. The van der Waals surface area contributed by atoms with E-state index in [1.54, 1.807) is 11.9 Å². The zero-order valence-electron chi connectivity index (χ0n) is 16.2. The fraction of sp³-hybridized carbons (Fsp3) is 0.208. The summed E-state index contributed by atoms with van der Waals surface area (Å²) in [6, 6.07) is 23.5. The Bertz CT molecular complexity index is 1010. The second-order valence-electron chi connectivity index (χ2n) is 7.14. The molecule has 1 aliphatic heterocycles. The molecule has 1 unspecified atom stereocenters. The molecule has 0 bridgehead atoms. The first kappa shape index (κ1) is 19.3. The summed E-state index contributed by atoms with van der Waals surface area (Å²) < 4.78 is 11.6. The lowest BCUT2D eigenvalue weighted by Crippen LogP contribution is -2.36. The van der Waals surface area contributed by atoms with Crippen molar-refractivity contribution in [1.82, 2.24) is 4.90 Å². The molecule has 3 aromatic carbocycles. The molecule has 0 aromatic heterocycles. The zero-order chi connectivity index (χ0) is 20.2. The van der Waals surface area contributed by atoms with Crippen LogP contribution in [0.5, 0.6) is 5.75 Å². The molecule has 1 atom stereocenters. The van der Waals surface area contributed by atoms with Crippen LogP contribution in [0.3, 0.4) is 0 Å². The smallest absolute Gasteiger partial charge is 0.409 e. The summed E-state index contributed by atoms with van der Waals surface area (Å²) in [6.07, 6.45) is 0.256. The Morgan fingerprint density at radius 2 is 1.76 bits per heavy atom. The highest BCUT2D eigenvalue weighted by atomic mass is 35.5. The normalized spacial score (nSPS) is 14.8. The molecule has 0 saturated carbocycles. The third kappa shape index (κ3) is 4.38. The number of carbonyl (C=O) groups excluding carboxylic acids is 1. The molecule has 1 amide bonds. The maximum atomic E-state index is 12.3. The van der Waals surface area contributed by atoms with Crippen LogP contribution >= 0.6 is 11.6 Å². The second kappa shape index (κ2) is 8.58. The maximum Gasteiger partial charge on any atom is 0.409 e. The Morgan fingerprint density at radius 1 is 1.03 bits per heavy atom. The monoisotopic (exact) mass is 407 g/mol. The number of halogens is 1. The highest BCUT2D eigenvalue weighted by Crippen LogP contribution is 2.41. The molecule has 0 aliphatic carbocycles. The molecule has 0 N–H and O–H groups in total. The summed E-state index contributed by atoms with van der Waals surface area (Å²) >= 11 is 6.38. The van der Waals surface area contributed by atoms with Gasteiger partial charge in [0.2, 0.25) is 0 Å². The first-order chi connectivity index (χ1) is 14.1. The Hall–Kier alpha value is -2.98. The van der Waals surface area contributed by atoms with Gasteiger partial charge in [-0.3, -0.25) is 0 Å². The molecule has 0 radical (unpaired) electrons. The van der Waals surface area contributed by atoms with Crippen LogP contribution in [-0.2, 0) is 17.8 Å². The maximum absolute atomic E-state index is 12.3. The van der Waals surface area contributed by atoms with Crippen molar-refractivity contribution in [1.29, 1.82) is 0 Å². The van der Waals surface area contributed by atoms with E-state index in [4.69, 9.17) is 21.1 Å². The third-order valence-corrected chi connectivity index (χ3v) is 5.32. The number of benzene rings is 3. The summed E-state index contributed by atoms with van der Waals surface area (Å²) in [5.74, 6) is 0.844. The van der Waals surface area contributed by atoms with E-state index in [1.807, 2.05) is 66.7 Å². The highest BCUT2D eigenvalue weighted by molar-refractivity contribution is 6.33. The van der Waals surface area contributed by atoms with Crippen LogP contribution in [0.15, 0.2) is 72.8 Å². The summed E-state index contributed by atoms with van der Waals surface area (Å²) in [5.41, 5.74) is 4.01. The standard InChI is InChI=1S/C24H22ClNO3/c1-26(24(27)28-16-17-8-3-2-4-9-17)15-19-14-18-10-7-12-21(23(18)29-19)20-11-5-6-13-22(20)25/h2-13,19H,14-16H2,1H3. The zero-order valence-corrected chi connectivity index (χ0v) is 16.9. The number of amides is 1. The highest BCUT2D eigenvalue weighted by Gasteiger charge is 2.28. The van der Waals surface area contributed by atoms with Crippen molar-refractivity contribution in [2.24, 2.45) is 0 Å². The average molecular weight is 408 g/mol. The number of hydrogen-bond acceptors (Lipinski definition) is 3. The van der Waals surface area contributed by atoms with E-state index >= 15 is 0 Å². The molecule has 0 fully saturated rings. The van der Waals surface area contributed by atoms with E-state index in [0.29, 0.717) is 11.6 Å². The van der Waals surface area contributed by atoms with Gasteiger partial charge in [0.25, 0.3) is 0 Å². The van der Waals surface area contributed by atoms with Gasteiger partial charge < -0.3 is 14.4 Å². The molecule has 1 heterocycles. The number of nitrogens with zero attached hydrogens (tertiary/aromatic N) is 1. The predicted molar refractivity (Wildman–Crippen MR) is 114 cm³/mol. The van der Waals surface area contributed by atoms with Gasteiger partial charge in [0.05, 0.1) is 6.54 Å². The van der Waals surface area contributed by atoms with Crippen molar-refractivity contribution >= 4 is 17.7 Å². The second-order valence-corrected chi connectivity index (χ2v) is 7.55. The van der Waals surface area contributed by atoms with Crippen LogP contribution in [0.1, 0.15) is 11.1 Å². The van der Waals surface area contributed by atoms with Crippen LogP contribution in [0, 0.1) is 0 Å². The molecule has 148 valence electrons. The van der Waals surface area contributed by atoms with Crippen molar-refractivity contribution in [3.05, 3.63) is 88.9 Å². The van der Waals surface area contributed by atoms with Crippen molar-refractivity contribution in [2.45, 2.75) is 19.1 Å². The fourth-order valence-electron chi connectivity index (χ4n) is 3.54. The summed E-state index contributed by atoms with van der Waals surface area (Å²) in [5, 5.41) is 0.689. The molecular weight excluding hydrogens is 386 g/mol. The first-order valence-electron chi connectivity index (χ1n) is 9.57. The lowest BCUT2D eigenvalue weighted by molar-refractivity contribution is 0.0895. The number of carbonyl (C=O) groups is 1. The quantitative estimate of drug-likeness (QED) is 0.554. The number of likely N-dealkylation sites (N-methyl/N-ethyl adjacent to an activating group) is 1. The van der Waals surface area contributed by atoms with E-state index in [1.165, 1.54) is 0 Å². The van der Waals surface area contributed by atoms with Gasteiger partial charge in [-0.25, -0.2) is 4.79 Å². The number of rotatable bonds is 5. The molecule has 5 heteroatoms. The number of ether oxygens (including phenoxy) is 2. The molecule has 0 spiro atoms. The van der Waals surface area contributed by atoms with Crippen molar-refractivity contribution < 1.29 is 14.3 Å². The average Bonchev–Trinajstić information content (AvgIpc) is 3.15. The molecule has 4 rings (SSSR count). The van der Waals surface area contributed by atoms with Gasteiger partial charge in [-0.1, -0.05) is 78.3 Å².